The number of amides is 1. The Morgan fingerprint density at radius 2 is 2.10 bits per heavy atom. The number of hydrogen-bond donors (Lipinski definition) is 1. The Morgan fingerprint density at radius 3 is 2.70 bits per heavy atom. The van der Waals surface area contributed by atoms with Gasteiger partial charge in [0, 0.05) is 25.2 Å². The van der Waals surface area contributed by atoms with Crippen LogP contribution in [0.15, 0.2) is 18.2 Å². The number of nitro groups is 1. The first-order valence-electron chi connectivity index (χ1n) is 6.48. The third-order valence-corrected chi connectivity index (χ3v) is 3.32. The molecule has 0 saturated carbocycles. The molecular weight excluding hydrogens is 265 g/mol. The van der Waals surface area contributed by atoms with Crippen LogP contribution in [-0.4, -0.2) is 34.9 Å². The lowest BCUT2D eigenvalue weighted by atomic mass is 10.2. The van der Waals surface area contributed by atoms with E-state index in [0.29, 0.717) is 13.1 Å². The third-order valence-electron chi connectivity index (χ3n) is 3.32. The number of carbonyl (C=O) groups excluding carboxylic acids is 1. The normalized spacial score (nSPS) is 16.0. The summed E-state index contributed by atoms with van der Waals surface area (Å²) in [4.78, 5) is 24.1. The summed E-state index contributed by atoms with van der Waals surface area (Å²) in [6.45, 7) is 3.03. The van der Waals surface area contributed by atoms with E-state index in [-0.39, 0.29) is 17.3 Å². The molecule has 1 aromatic rings. The van der Waals surface area contributed by atoms with E-state index in [1.54, 1.807) is 11.8 Å². The minimum atomic E-state index is -0.631. The molecular formula is C13H16FN3O3. The van der Waals surface area contributed by atoms with Crippen LogP contribution >= 0.6 is 0 Å². The maximum absolute atomic E-state index is 13.2. The molecule has 0 radical (unpaired) electrons. The van der Waals surface area contributed by atoms with Crippen molar-refractivity contribution in [1.82, 2.24) is 4.90 Å². The lowest BCUT2D eigenvalue weighted by Gasteiger charge is -2.21. The number of nitrogens with zero attached hydrogens (tertiary/aromatic N) is 2. The summed E-state index contributed by atoms with van der Waals surface area (Å²) in [5.74, 6) is -0.708. The standard InChI is InChI=1S/C13H16FN3O3/c1-9(13(18)16-6-2-3-7-16)15-11-8-10(14)4-5-12(11)17(19)20/h4-5,8-9,15H,2-3,6-7H2,1H3. The summed E-state index contributed by atoms with van der Waals surface area (Å²) >= 11 is 0. The van der Waals surface area contributed by atoms with Gasteiger partial charge in [-0.15, -0.1) is 0 Å². The Labute approximate surface area is 115 Å². The van der Waals surface area contributed by atoms with Gasteiger partial charge in [0.2, 0.25) is 5.91 Å². The number of halogens is 1. The Balaban J connectivity index is 2.14. The number of rotatable bonds is 4. The van der Waals surface area contributed by atoms with Crippen molar-refractivity contribution in [3.63, 3.8) is 0 Å². The van der Waals surface area contributed by atoms with Gasteiger partial charge in [-0.25, -0.2) is 4.39 Å². The van der Waals surface area contributed by atoms with E-state index in [1.165, 1.54) is 0 Å². The van der Waals surface area contributed by atoms with Gasteiger partial charge in [0.1, 0.15) is 17.5 Å². The summed E-state index contributed by atoms with van der Waals surface area (Å²) in [6.07, 6.45) is 1.94. The van der Waals surface area contributed by atoms with Crippen LogP contribution in [0.5, 0.6) is 0 Å². The van der Waals surface area contributed by atoms with Crippen molar-refractivity contribution < 1.29 is 14.1 Å². The minimum Gasteiger partial charge on any atom is -0.368 e. The van der Waals surface area contributed by atoms with Gasteiger partial charge in [-0.05, 0) is 25.8 Å². The van der Waals surface area contributed by atoms with Crippen LogP contribution in [0.1, 0.15) is 19.8 Å². The van der Waals surface area contributed by atoms with E-state index in [2.05, 4.69) is 5.32 Å². The molecule has 1 unspecified atom stereocenters. The van der Waals surface area contributed by atoms with Crippen LogP contribution in [0.3, 0.4) is 0 Å². The Morgan fingerprint density at radius 1 is 1.45 bits per heavy atom. The van der Waals surface area contributed by atoms with Gasteiger partial charge in [-0.3, -0.25) is 14.9 Å². The molecule has 1 atom stereocenters. The maximum atomic E-state index is 13.2. The van der Waals surface area contributed by atoms with Gasteiger partial charge in [-0.2, -0.15) is 0 Å². The molecule has 108 valence electrons. The van der Waals surface area contributed by atoms with E-state index in [9.17, 15) is 19.3 Å². The monoisotopic (exact) mass is 281 g/mol. The van der Waals surface area contributed by atoms with Crippen LogP contribution in [0.4, 0.5) is 15.8 Å². The molecule has 7 heteroatoms. The highest BCUT2D eigenvalue weighted by Gasteiger charge is 2.25. The second-order valence-electron chi connectivity index (χ2n) is 4.82. The van der Waals surface area contributed by atoms with Crippen molar-refractivity contribution in [3.8, 4) is 0 Å². The summed E-state index contributed by atoms with van der Waals surface area (Å²) in [6, 6.07) is 2.51. The molecule has 0 bridgehead atoms. The van der Waals surface area contributed by atoms with Crippen LogP contribution in [0, 0.1) is 15.9 Å². The summed E-state index contributed by atoms with van der Waals surface area (Å²) in [5, 5.41) is 13.6. The van der Waals surface area contributed by atoms with Crippen molar-refractivity contribution in [3.05, 3.63) is 34.1 Å². The first-order chi connectivity index (χ1) is 9.49. The predicted molar refractivity (Wildman–Crippen MR) is 72.0 cm³/mol. The molecule has 0 aliphatic carbocycles. The minimum absolute atomic E-state index is 0.0232. The number of hydrogen-bond acceptors (Lipinski definition) is 4. The largest absolute Gasteiger partial charge is 0.368 e. The zero-order valence-electron chi connectivity index (χ0n) is 11.1. The number of nitro benzene ring substituents is 1. The Kier molecular flexibility index (Phi) is 4.16. The van der Waals surface area contributed by atoms with E-state index in [4.69, 9.17) is 0 Å². The Hall–Kier alpha value is -2.18. The topological polar surface area (TPSA) is 75.5 Å². The lowest BCUT2D eigenvalue weighted by Crippen LogP contribution is -2.39. The van der Waals surface area contributed by atoms with Gasteiger partial charge in [0.25, 0.3) is 5.69 Å². The number of benzene rings is 1. The van der Waals surface area contributed by atoms with Gasteiger partial charge < -0.3 is 10.2 Å². The third kappa shape index (κ3) is 3.04. The van der Waals surface area contributed by atoms with Crippen molar-refractivity contribution >= 4 is 17.3 Å². The first kappa shape index (κ1) is 14.2. The Bertz CT molecular complexity index is 530. The number of likely N-dealkylation sites (tertiary alicyclic amines) is 1. The van der Waals surface area contributed by atoms with Crippen molar-refractivity contribution in [2.24, 2.45) is 0 Å². The molecule has 1 aliphatic rings. The number of carbonyl (C=O) groups is 1. The van der Waals surface area contributed by atoms with E-state index < -0.39 is 16.8 Å². The van der Waals surface area contributed by atoms with Gasteiger partial charge in [0.15, 0.2) is 0 Å². The van der Waals surface area contributed by atoms with Gasteiger partial charge in [0.05, 0.1) is 4.92 Å². The van der Waals surface area contributed by atoms with Crippen LogP contribution in [0.2, 0.25) is 0 Å². The quantitative estimate of drug-likeness (QED) is 0.677. The molecule has 1 heterocycles. The molecule has 1 fully saturated rings. The van der Waals surface area contributed by atoms with Crippen LogP contribution < -0.4 is 5.32 Å². The highest BCUT2D eigenvalue weighted by atomic mass is 19.1. The molecule has 1 aromatic carbocycles. The summed E-state index contributed by atoms with van der Waals surface area (Å²) in [5.41, 5.74) is -0.220. The first-order valence-corrected chi connectivity index (χ1v) is 6.48. The molecule has 2 rings (SSSR count). The molecule has 0 spiro atoms. The molecule has 1 aliphatic heterocycles. The molecule has 0 aromatic heterocycles. The fraction of sp³-hybridized carbons (Fsp3) is 0.462. The molecule has 1 amide bonds. The molecule has 1 saturated heterocycles. The highest BCUT2D eigenvalue weighted by Crippen LogP contribution is 2.26. The second kappa shape index (κ2) is 5.85. The van der Waals surface area contributed by atoms with Crippen molar-refractivity contribution in [1.29, 1.82) is 0 Å². The predicted octanol–water partition coefficient (Wildman–Crippen LogP) is 2.16. The van der Waals surface area contributed by atoms with Crippen molar-refractivity contribution in [2.45, 2.75) is 25.8 Å². The molecule has 20 heavy (non-hydrogen) atoms. The zero-order chi connectivity index (χ0) is 14.7. The zero-order valence-corrected chi connectivity index (χ0v) is 11.1. The fourth-order valence-corrected chi connectivity index (χ4v) is 2.29. The van der Waals surface area contributed by atoms with Gasteiger partial charge in [-0.1, -0.05) is 0 Å². The SMILES string of the molecule is CC(Nc1cc(F)ccc1[N+](=O)[O-])C(=O)N1CCCC1. The number of nitrogens with one attached hydrogen (secondary N) is 1. The average Bonchev–Trinajstić information content (AvgIpc) is 2.91. The second-order valence-corrected chi connectivity index (χ2v) is 4.82. The van der Waals surface area contributed by atoms with E-state index in [0.717, 1.165) is 31.0 Å². The van der Waals surface area contributed by atoms with Crippen LogP contribution in [-0.2, 0) is 4.79 Å². The summed E-state index contributed by atoms with van der Waals surface area (Å²) < 4.78 is 13.2. The van der Waals surface area contributed by atoms with Gasteiger partial charge >= 0.3 is 0 Å². The maximum Gasteiger partial charge on any atom is 0.292 e. The van der Waals surface area contributed by atoms with Crippen LogP contribution in [0.25, 0.3) is 0 Å². The molecule has 6 nitrogen and oxygen atoms in total. The van der Waals surface area contributed by atoms with E-state index in [1.807, 2.05) is 0 Å². The molecule has 1 N–H and O–H groups in total. The van der Waals surface area contributed by atoms with E-state index >= 15 is 0 Å². The lowest BCUT2D eigenvalue weighted by molar-refractivity contribution is -0.384. The fourth-order valence-electron chi connectivity index (χ4n) is 2.29. The van der Waals surface area contributed by atoms with Crippen molar-refractivity contribution in [2.75, 3.05) is 18.4 Å². The smallest absolute Gasteiger partial charge is 0.292 e. The highest BCUT2D eigenvalue weighted by molar-refractivity contribution is 5.85. The average molecular weight is 281 g/mol. The number of anilines is 1. The summed E-state index contributed by atoms with van der Waals surface area (Å²) in [7, 11) is 0.